The number of nitrogens with one attached hydrogen (secondary N) is 1. The molecule has 2 amide bonds. The summed E-state index contributed by atoms with van der Waals surface area (Å²) in [4.78, 5) is 27.8. The molecule has 192 valence electrons. The number of amides is 2. The van der Waals surface area contributed by atoms with E-state index in [4.69, 9.17) is 4.74 Å². The lowest BCUT2D eigenvalue weighted by Gasteiger charge is -2.31. The first-order chi connectivity index (χ1) is 16.5. The molecule has 0 heterocycles. The van der Waals surface area contributed by atoms with Crippen LogP contribution in [0.2, 0.25) is 0 Å². The zero-order valence-electron chi connectivity index (χ0n) is 21.2. The molecule has 9 heteroatoms. The second kappa shape index (κ2) is 13.3. The van der Waals surface area contributed by atoms with Gasteiger partial charge in [-0.15, -0.1) is 0 Å². The molecule has 1 atom stereocenters. The van der Waals surface area contributed by atoms with E-state index in [0.29, 0.717) is 18.2 Å². The van der Waals surface area contributed by atoms with Crippen molar-refractivity contribution >= 4 is 21.8 Å². The van der Waals surface area contributed by atoms with Crippen LogP contribution in [0.15, 0.2) is 54.6 Å². The zero-order valence-corrected chi connectivity index (χ0v) is 22.0. The minimum Gasteiger partial charge on any atom is -0.497 e. The van der Waals surface area contributed by atoms with E-state index in [1.54, 1.807) is 26.2 Å². The summed E-state index contributed by atoms with van der Waals surface area (Å²) in [5.74, 6) is 0.385. The van der Waals surface area contributed by atoms with E-state index in [-0.39, 0.29) is 25.5 Å². The molecule has 2 rings (SSSR count). The van der Waals surface area contributed by atoms with Gasteiger partial charge in [-0.05, 0) is 42.5 Å². The fraction of sp³-hybridized carbons (Fsp3) is 0.462. The topological polar surface area (TPSA) is 96.0 Å². The molecule has 2 aromatic carbocycles. The number of hydrogen-bond donors (Lipinski definition) is 1. The number of hydrogen-bond acceptors (Lipinski definition) is 5. The van der Waals surface area contributed by atoms with Crippen LogP contribution < -0.4 is 10.1 Å². The Balaban J connectivity index is 2.25. The van der Waals surface area contributed by atoms with E-state index in [9.17, 15) is 18.0 Å². The quantitative estimate of drug-likeness (QED) is 0.453. The smallest absolute Gasteiger partial charge is 0.242 e. The lowest BCUT2D eigenvalue weighted by molar-refractivity contribution is -0.140. The summed E-state index contributed by atoms with van der Waals surface area (Å²) in [5, 5.41) is 2.89. The number of methoxy groups -OCH3 is 1. The number of sulfonamides is 1. The van der Waals surface area contributed by atoms with Gasteiger partial charge in [-0.3, -0.25) is 9.59 Å². The maximum atomic E-state index is 13.5. The summed E-state index contributed by atoms with van der Waals surface area (Å²) in [6, 6.07) is 15.5. The first-order valence-corrected chi connectivity index (χ1v) is 13.5. The highest BCUT2D eigenvalue weighted by Crippen LogP contribution is 2.16. The molecule has 0 saturated heterocycles. The Labute approximate surface area is 209 Å². The van der Waals surface area contributed by atoms with Gasteiger partial charge in [0.15, 0.2) is 0 Å². The Hall–Kier alpha value is -2.91. The van der Waals surface area contributed by atoms with Crippen molar-refractivity contribution in [2.24, 2.45) is 5.92 Å². The van der Waals surface area contributed by atoms with Gasteiger partial charge in [0.05, 0.1) is 19.9 Å². The number of benzene rings is 2. The minimum atomic E-state index is -3.67. The normalized spacial score (nSPS) is 12.4. The molecular weight excluding hydrogens is 466 g/mol. The molecule has 0 aliphatic rings. The van der Waals surface area contributed by atoms with Gasteiger partial charge in [0.2, 0.25) is 21.8 Å². The Kier molecular flexibility index (Phi) is 10.7. The maximum absolute atomic E-state index is 13.5. The minimum absolute atomic E-state index is 0.0662. The van der Waals surface area contributed by atoms with Crippen LogP contribution >= 0.6 is 0 Å². The molecule has 0 aromatic heterocycles. The van der Waals surface area contributed by atoms with Crippen LogP contribution in [-0.2, 0) is 32.7 Å². The Morgan fingerprint density at radius 1 is 0.943 bits per heavy atom. The van der Waals surface area contributed by atoms with Crippen molar-refractivity contribution in [2.75, 3.05) is 26.5 Å². The number of carbonyl (C=O) groups excluding carboxylic acids is 2. The first kappa shape index (κ1) is 28.3. The van der Waals surface area contributed by atoms with E-state index >= 15 is 0 Å². The molecule has 0 saturated carbocycles. The predicted octanol–water partition coefficient (Wildman–Crippen LogP) is 3.04. The lowest BCUT2D eigenvalue weighted by atomic mass is 10.1. The second-order valence-electron chi connectivity index (χ2n) is 9.04. The summed E-state index contributed by atoms with van der Waals surface area (Å²) >= 11 is 0. The van der Waals surface area contributed by atoms with Crippen molar-refractivity contribution < 1.29 is 22.7 Å². The molecule has 35 heavy (non-hydrogen) atoms. The second-order valence-corrected chi connectivity index (χ2v) is 11.0. The van der Waals surface area contributed by atoms with Crippen LogP contribution in [0.25, 0.3) is 0 Å². The van der Waals surface area contributed by atoms with Gasteiger partial charge < -0.3 is 15.0 Å². The van der Waals surface area contributed by atoms with Crippen molar-refractivity contribution in [1.82, 2.24) is 14.5 Å². The molecule has 0 spiro atoms. The lowest BCUT2D eigenvalue weighted by Crippen LogP contribution is -2.51. The van der Waals surface area contributed by atoms with Gasteiger partial charge in [0.25, 0.3) is 0 Å². The Bertz CT molecular complexity index is 1060. The molecule has 0 aliphatic carbocycles. The van der Waals surface area contributed by atoms with Crippen LogP contribution in [0, 0.1) is 5.92 Å². The summed E-state index contributed by atoms with van der Waals surface area (Å²) in [5.41, 5.74) is 1.57. The molecule has 1 N–H and O–H groups in total. The molecule has 0 fully saturated rings. The van der Waals surface area contributed by atoms with Crippen LogP contribution in [0.1, 0.15) is 38.3 Å². The van der Waals surface area contributed by atoms with Crippen molar-refractivity contribution in [3.05, 3.63) is 65.7 Å². The monoisotopic (exact) mass is 503 g/mol. The molecule has 0 radical (unpaired) electrons. The average molecular weight is 504 g/mol. The molecule has 8 nitrogen and oxygen atoms in total. The summed E-state index contributed by atoms with van der Waals surface area (Å²) in [7, 11) is -2.10. The fourth-order valence-corrected chi connectivity index (χ4v) is 4.19. The van der Waals surface area contributed by atoms with E-state index in [2.05, 4.69) is 19.2 Å². The zero-order chi connectivity index (χ0) is 26.0. The van der Waals surface area contributed by atoms with Gasteiger partial charge >= 0.3 is 0 Å². The van der Waals surface area contributed by atoms with Gasteiger partial charge in [-0.1, -0.05) is 56.3 Å². The van der Waals surface area contributed by atoms with Crippen LogP contribution in [0.5, 0.6) is 5.75 Å². The third-order valence-corrected chi connectivity index (χ3v) is 6.88. The Morgan fingerprint density at radius 3 is 2.09 bits per heavy atom. The largest absolute Gasteiger partial charge is 0.497 e. The van der Waals surface area contributed by atoms with Gasteiger partial charge in [0.1, 0.15) is 11.8 Å². The van der Waals surface area contributed by atoms with Crippen LogP contribution in [0.4, 0.5) is 0 Å². The highest BCUT2D eigenvalue weighted by atomic mass is 32.2. The highest BCUT2D eigenvalue weighted by Gasteiger charge is 2.29. The van der Waals surface area contributed by atoms with Gasteiger partial charge in [-0.2, -0.15) is 4.31 Å². The number of nitrogens with zero attached hydrogens (tertiary/aromatic N) is 2. The van der Waals surface area contributed by atoms with E-state index in [1.165, 1.54) is 4.90 Å². The van der Waals surface area contributed by atoms with Crippen molar-refractivity contribution in [3.8, 4) is 5.75 Å². The van der Waals surface area contributed by atoms with E-state index < -0.39 is 22.0 Å². The number of ether oxygens (including phenoxy) is 1. The molecule has 0 aliphatic heterocycles. The molecule has 1 unspecified atom stereocenters. The van der Waals surface area contributed by atoms with Crippen molar-refractivity contribution in [2.45, 2.75) is 46.3 Å². The number of rotatable bonds is 13. The van der Waals surface area contributed by atoms with Gasteiger partial charge in [-0.25, -0.2) is 8.42 Å². The maximum Gasteiger partial charge on any atom is 0.242 e. The van der Waals surface area contributed by atoms with Crippen LogP contribution in [0.3, 0.4) is 0 Å². The van der Waals surface area contributed by atoms with E-state index in [0.717, 1.165) is 28.1 Å². The first-order valence-electron chi connectivity index (χ1n) is 11.7. The van der Waals surface area contributed by atoms with Crippen LogP contribution in [-0.4, -0.2) is 61.9 Å². The van der Waals surface area contributed by atoms with E-state index in [1.807, 2.05) is 42.5 Å². The molecular formula is C26H37N3O5S. The molecule has 2 aromatic rings. The highest BCUT2D eigenvalue weighted by molar-refractivity contribution is 7.88. The summed E-state index contributed by atoms with van der Waals surface area (Å²) in [6.07, 6.45) is 1.91. The summed E-state index contributed by atoms with van der Waals surface area (Å²) in [6.45, 7) is 6.17. The number of carbonyl (C=O) groups is 2. The van der Waals surface area contributed by atoms with Gasteiger partial charge in [0, 0.05) is 19.6 Å². The summed E-state index contributed by atoms with van der Waals surface area (Å²) < 4.78 is 31.3. The SMILES string of the molecule is COc1ccc(CN(C(=O)CN(Cc2ccccc2)S(C)(=O)=O)C(C)C(=O)NCCC(C)C)cc1. The van der Waals surface area contributed by atoms with Crippen molar-refractivity contribution in [3.63, 3.8) is 0 Å². The predicted molar refractivity (Wildman–Crippen MR) is 137 cm³/mol. The third kappa shape index (κ3) is 9.33. The third-order valence-electron chi connectivity index (χ3n) is 5.68. The Morgan fingerprint density at radius 2 is 1.54 bits per heavy atom. The van der Waals surface area contributed by atoms with Crippen molar-refractivity contribution in [1.29, 1.82) is 0 Å². The standard InChI is InChI=1S/C26H37N3O5S/c1-20(2)15-16-27-26(31)21(3)29(18-23-11-13-24(34-4)14-12-23)25(30)19-28(35(5,32)33)17-22-9-7-6-8-10-22/h6-14,20-21H,15-19H2,1-5H3,(H,27,31). The average Bonchev–Trinajstić information content (AvgIpc) is 2.81. The fourth-order valence-electron chi connectivity index (χ4n) is 3.46. The molecule has 0 bridgehead atoms.